The average molecular weight is 268 g/mol. The Labute approximate surface area is 118 Å². The highest BCUT2D eigenvalue weighted by atomic mass is 16.6. The number of hydrogen-bond acceptors (Lipinski definition) is 3. The van der Waals surface area contributed by atoms with E-state index in [0.717, 1.165) is 29.6 Å². The number of nitro groups is 1. The van der Waals surface area contributed by atoms with Crippen molar-refractivity contribution in [1.29, 1.82) is 5.26 Å². The number of nitrogens with zero attached hydrogens (tertiary/aromatic N) is 2. The van der Waals surface area contributed by atoms with Crippen LogP contribution < -0.4 is 0 Å². The monoisotopic (exact) mass is 268 g/mol. The van der Waals surface area contributed by atoms with Gasteiger partial charge in [-0.3, -0.25) is 10.1 Å². The van der Waals surface area contributed by atoms with Gasteiger partial charge in [-0.25, -0.2) is 0 Å². The molecule has 0 heterocycles. The second-order valence-corrected chi connectivity index (χ2v) is 5.84. The Hall–Kier alpha value is -2.41. The lowest BCUT2D eigenvalue weighted by atomic mass is 9.73. The topological polar surface area (TPSA) is 66.9 Å². The number of hydrogen-bond donors (Lipinski definition) is 0. The maximum absolute atomic E-state index is 10.7. The largest absolute Gasteiger partial charge is 0.269 e. The summed E-state index contributed by atoms with van der Waals surface area (Å²) in [5.74, 6) is 0. The second-order valence-electron chi connectivity index (χ2n) is 5.84. The van der Waals surface area contributed by atoms with Gasteiger partial charge in [-0.15, -0.1) is 0 Å². The molecule has 0 atom stereocenters. The smallest absolute Gasteiger partial charge is 0.258 e. The number of nitro benzene ring substituents is 1. The van der Waals surface area contributed by atoms with Gasteiger partial charge >= 0.3 is 0 Å². The number of non-ortho nitro benzene ring substituents is 1. The Morgan fingerprint density at radius 1 is 1.30 bits per heavy atom. The maximum atomic E-state index is 10.7. The van der Waals surface area contributed by atoms with Crippen LogP contribution in [0.5, 0.6) is 0 Å². The first-order valence-electron chi connectivity index (χ1n) is 6.45. The molecule has 0 unspecified atom stereocenters. The quantitative estimate of drug-likeness (QED) is 0.457. The molecule has 20 heavy (non-hydrogen) atoms. The molecule has 102 valence electrons. The van der Waals surface area contributed by atoms with Crippen LogP contribution in [0.2, 0.25) is 0 Å². The van der Waals surface area contributed by atoms with Crippen LogP contribution in [0.3, 0.4) is 0 Å². The van der Waals surface area contributed by atoms with Gasteiger partial charge in [0.15, 0.2) is 0 Å². The van der Waals surface area contributed by atoms with Gasteiger partial charge in [0.1, 0.15) is 0 Å². The third-order valence-electron chi connectivity index (χ3n) is 3.41. The molecule has 0 amide bonds. The first kappa shape index (κ1) is 14.0. The molecule has 0 saturated carbocycles. The number of nitriles is 1. The first-order chi connectivity index (χ1) is 9.41. The van der Waals surface area contributed by atoms with E-state index in [0.29, 0.717) is 0 Å². The molecule has 0 radical (unpaired) electrons. The predicted octanol–water partition coefficient (Wildman–Crippen LogP) is 4.25. The Bertz CT molecular complexity index is 631. The predicted molar refractivity (Wildman–Crippen MR) is 77.8 cm³/mol. The molecule has 1 aliphatic carbocycles. The van der Waals surface area contributed by atoms with E-state index < -0.39 is 4.92 Å². The van der Waals surface area contributed by atoms with Gasteiger partial charge in [0, 0.05) is 18.2 Å². The summed E-state index contributed by atoms with van der Waals surface area (Å²) in [7, 11) is 0. The zero-order valence-electron chi connectivity index (χ0n) is 11.6. The highest BCUT2D eigenvalue weighted by molar-refractivity contribution is 5.71. The van der Waals surface area contributed by atoms with Crippen molar-refractivity contribution in [3.63, 3.8) is 0 Å². The Balaban J connectivity index is 2.38. The van der Waals surface area contributed by atoms with Crippen molar-refractivity contribution in [3.05, 3.63) is 57.7 Å². The van der Waals surface area contributed by atoms with Crippen molar-refractivity contribution in [1.82, 2.24) is 0 Å². The molecule has 4 heteroatoms. The van der Waals surface area contributed by atoms with Crippen LogP contribution in [0, 0.1) is 26.9 Å². The number of rotatable bonds is 2. The second kappa shape index (κ2) is 5.30. The van der Waals surface area contributed by atoms with Crippen molar-refractivity contribution in [2.45, 2.75) is 26.7 Å². The minimum absolute atomic E-state index is 0.0918. The van der Waals surface area contributed by atoms with Crippen molar-refractivity contribution in [2.24, 2.45) is 5.41 Å². The van der Waals surface area contributed by atoms with Gasteiger partial charge < -0.3 is 0 Å². The van der Waals surface area contributed by atoms with E-state index in [4.69, 9.17) is 5.26 Å². The minimum Gasteiger partial charge on any atom is -0.258 e. The van der Waals surface area contributed by atoms with E-state index >= 15 is 0 Å². The Morgan fingerprint density at radius 3 is 2.50 bits per heavy atom. The number of benzene rings is 1. The van der Waals surface area contributed by atoms with E-state index in [1.807, 2.05) is 6.08 Å². The van der Waals surface area contributed by atoms with Gasteiger partial charge in [-0.2, -0.15) is 5.26 Å². The average Bonchev–Trinajstić information content (AvgIpc) is 2.37. The zero-order valence-corrected chi connectivity index (χ0v) is 11.6. The van der Waals surface area contributed by atoms with Gasteiger partial charge in [-0.1, -0.05) is 19.9 Å². The molecule has 0 bridgehead atoms. The fraction of sp³-hybridized carbons (Fsp3) is 0.312. The lowest BCUT2D eigenvalue weighted by molar-refractivity contribution is -0.384. The van der Waals surface area contributed by atoms with E-state index in [1.54, 1.807) is 18.2 Å². The zero-order chi connectivity index (χ0) is 14.8. The molecule has 1 aromatic rings. The van der Waals surface area contributed by atoms with E-state index in [9.17, 15) is 10.1 Å². The Kier molecular flexibility index (Phi) is 3.71. The molecule has 4 nitrogen and oxygen atoms in total. The van der Waals surface area contributed by atoms with Gasteiger partial charge in [0.25, 0.3) is 5.69 Å². The fourth-order valence-electron chi connectivity index (χ4n) is 2.61. The van der Waals surface area contributed by atoms with Gasteiger partial charge in [0.05, 0.1) is 11.0 Å². The van der Waals surface area contributed by atoms with Crippen LogP contribution in [-0.2, 0) is 0 Å². The van der Waals surface area contributed by atoms with Crippen LogP contribution >= 0.6 is 0 Å². The number of allylic oxidation sites excluding steroid dienone is 4. The lowest BCUT2D eigenvalue weighted by Crippen LogP contribution is -2.16. The summed E-state index contributed by atoms with van der Waals surface area (Å²) in [6, 6.07) is 8.66. The van der Waals surface area contributed by atoms with Crippen LogP contribution in [0.4, 0.5) is 5.69 Å². The molecular formula is C16H16N2O2. The summed E-state index contributed by atoms with van der Waals surface area (Å²) in [5, 5.41) is 19.5. The van der Waals surface area contributed by atoms with Crippen LogP contribution in [0.25, 0.3) is 5.57 Å². The summed E-state index contributed by atoms with van der Waals surface area (Å²) in [6.07, 6.45) is 5.37. The molecule has 0 aliphatic heterocycles. The first-order valence-corrected chi connectivity index (χ1v) is 6.45. The van der Waals surface area contributed by atoms with Gasteiger partial charge in [0.2, 0.25) is 0 Å². The van der Waals surface area contributed by atoms with E-state index in [2.05, 4.69) is 19.9 Å². The molecular weight excluding hydrogens is 252 g/mol. The summed E-state index contributed by atoms with van der Waals surface area (Å²) < 4.78 is 0. The summed E-state index contributed by atoms with van der Waals surface area (Å²) >= 11 is 0. The lowest BCUT2D eigenvalue weighted by Gasteiger charge is -2.31. The fourth-order valence-corrected chi connectivity index (χ4v) is 2.61. The van der Waals surface area contributed by atoms with Crippen molar-refractivity contribution in [2.75, 3.05) is 0 Å². The Morgan fingerprint density at radius 2 is 1.95 bits per heavy atom. The molecule has 0 fully saturated rings. The van der Waals surface area contributed by atoms with Crippen LogP contribution in [0.1, 0.15) is 32.3 Å². The van der Waals surface area contributed by atoms with Crippen LogP contribution in [-0.4, -0.2) is 4.92 Å². The van der Waals surface area contributed by atoms with E-state index in [1.165, 1.54) is 12.1 Å². The molecule has 0 saturated heterocycles. The summed E-state index contributed by atoms with van der Waals surface area (Å²) in [5.41, 5.74) is 3.30. The van der Waals surface area contributed by atoms with Crippen LogP contribution in [0.15, 0.2) is 42.0 Å². The normalized spacial score (nSPS) is 19.2. The molecule has 2 rings (SSSR count). The van der Waals surface area contributed by atoms with Crippen molar-refractivity contribution in [3.8, 4) is 6.07 Å². The molecule has 0 N–H and O–H groups in total. The van der Waals surface area contributed by atoms with Gasteiger partial charge in [-0.05, 0) is 47.1 Å². The third kappa shape index (κ3) is 3.12. The SMILES string of the molecule is CC1(C)CC(c2ccc([N+](=O)[O-])cc2)=C/C(=C\C#N)C1. The van der Waals surface area contributed by atoms with E-state index in [-0.39, 0.29) is 11.1 Å². The highest BCUT2D eigenvalue weighted by Gasteiger charge is 2.26. The highest BCUT2D eigenvalue weighted by Crippen LogP contribution is 2.41. The third-order valence-corrected chi connectivity index (χ3v) is 3.41. The minimum atomic E-state index is -0.399. The molecule has 0 spiro atoms. The van der Waals surface area contributed by atoms with Crippen molar-refractivity contribution >= 4 is 11.3 Å². The maximum Gasteiger partial charge on any atom is 0.269 e. The molecule has 0 aromatic heterocycles. The summed E-state index contributed by atoms with van der Waals surface area (Å²) in [4.78, 5) is 10.3. The molecule has 1 aliphatic rings. The van der Waals surface area contributed by atoms with Crippen molar-refractivity contribution < 1.29 is 4.92 Å². The molecule has 1 aromatic carbocycles. The summed E-state index contributed by atoms with van der Waals surface area (Å²) in [6.45, 7) is 4.33. The standard InChI is InChI=1S/C16H16N2O2/c1-16(2)10-12(7-8-17)9-14(11-16)13-3-5-15(6-4-13)18(19)20/h3-7,9H,10-11H2,1-2H3/b12-7+.